The van der Waals surface area contributed by atoms with Crippen molar-refractivity contribution < 1.29 is 0 Å². The minimum atomic E-state index is 0.130. The number of nitrogens with zero attached hydrogens (tertiary/aromatic N) is 3. The lowest BCUT2D eigenvalue weighted by atomic mass is 10.1. The molecule has 0 aliphatic carbocycles. The van der Waals surface area contributed by atoms with E-state index < -0.39 is 0 Å². The summed E-state index contributed by atoms with van der Waals surface area (Å²) in [5, 5.41) is 14.6. The number of aryl methyl sites for hydroxylation is 1. The second kappa shape index (κ2) is 7.40. The van der Waals surface area contributed by atoms with Gasteiger partial charge in [-0.15, -0.1) is 5.10 Å². The summed E-state index contributed by atoms with van der Waals surface area (Å²) in [5.41, 5.74) is 3.25. The van der Waals surface area contributed by atoms with Gasteiger partial charge in [0.25, 0.3) is 0 Å². The van der Waals surface area contributed by atoms with Gasteiger partial charge in [0.2, 0.25) is 5.95 Å². The first-order valence-corrected chi connectivity index (χ1v) is 8.45. The molecular weight excluding hydrogens is 366 g/mol. The van der Waals surface area contributed by atoms with E-state index in [0.29, 0.717) is 11.8 Å². The van der Waals surface area contributed by atoms with Crippen LogP contribution in [-0.4, -0.2) is 15.2 Å². The molecule has 24 heavy (non-hydrogen) atoms. The zero-order valence-electron chi connectivity index (χ0n) is 13.5. The van der Waals surface area contributed by atoms with Crippen LogP contribution in [0.25, 0.3) is 0 Å². The Morgan fingerprint density at radius 3 is 2.62 bits per heavy atom. The van der Waals surface area contributed by atoms with Crippen LogP contribution >= 0.6 is 15.9 Å². The fraction of sp³-hybridized carbons (Fsp3) is 0.167. The van der Waals surface area contributed by atoms with Crippen molar-refractivity contribution in [1.82, 2.24) is 15.2 Å². The van der Waals surface area contributed by atoms with Crippen molar-refractivity contribution in [3.8, 4) is 0 Å². The largest absolute Gasteiger partial charge is 0.362 e. The zero-order valence-corrected chi connectivity index (χ0v) is 15.1. The van der Waals surface area contributed by atoms with E-state index in [4.69, 9.17) is 0 Å². The van der Waals surface area contributed by atoms with E-state index in [2.05, 4.69) is 60.8 Å². The Balaban J connectivity index is 1.73. The van der Waals surface area contributed by atoms with E-state index in [1.165, 1.54) is 5.56 Å². The Hall–Kier alpha value is -2.47. The van der Waals surface area contributed by atoms with E-state index in [-0.39, 0.29) is 6.04 Å². The van der Waals surface area contributed by atoms with Crippen LogP contribution in [0.15, 0.2) is 59.2 Å². The van der Waals surface area contributed by atoms with E-state index in [0.717, 1.165) is 15.7 Å². The van der Waals surface area contributed by atoms with Crippen LogP contribution < -0.4 is 10.6 Å². The molecule has 0 bridgehead atoms. The average Bonchev–Trinajstić information content (AvgIpc) is 2.59. The zero-order chi connectivity index (χ0) is 16.9. The molecule has 0 saturated carbocycles. The van der Waals surface area contributed by atoms with Crippen molar-refractivity contribution in [1.29, 1.82) is 0 Å². The molecule has 2 N–H and O–H groups in total. The highest BCUT2D eigenvalue weighted by Gasteiger charge is 2.07. The number of hydrogen-bond donors (Lipinski definition) is 2. The third kappa shape index (κ3) is 4.08. The van der Waals surface area contributed by atoms with Crippen molar-refractivity contribution in [2.75, 3.05) is 10.6 Å². The van der Waals surface area contributed by atoms with Crippen molar-refractivity contribution in [2.24, 2.45) is 0 Å². The number of halogens is 1. The maximum atomic E-state index is 4.48. The second-order valence-electron chi connectivity index (χ2n) is 5.53. The van der Waals surface area contributed by atoms with Gasteiger partial charge in [-0.25, -0.2) is 0 Å². The molecule has 0 spiro atoms. The van der Waals surface area contributed by atoms with Crippen LogP contribution in [0, 0.1) is 6.92 Å². The van der Waals surface area contributed by atoms with Gasteiger partial charge in [-0.05, 0) is 43.2 Å². The normalized spacial score (nSPS) is 11.8. The van der Waals surface area contributed by atoms with Gasteiger partial charge in [-0.3, -0.25) is 0 Å². The molecule has 1 aromatic heterocycles. The summed E-state index contributed by atoms with van der Waals surface area (Å²) < 4.78 is 1.07. The topological polar surface area (TPSA) is 62.7 Å². The van der Waals surface area contributed by atoms with E-state index >= 15 is 0 Å². The Labute approximate surface area is 149 Å². The standard InChI is InChI=1S/C18H18BrN5/c1-12-10-15(8-9-16(12)19)22-18-23-17(11-20-24-18)21-13(2)14-6-4-3-5-7-14/h3-11,13H,1-2H3,(H2,21,22,23,24). The molecule has 0 radical (unpaired) electrons. The molecule has 3 rings (SSSR count). The quantitative estimate of drug-likeness (QED) is 0.658. The number of aromatic nitrogens is 3. The minimum Gasteiger partial charge on any atom is -0.362 e. The molecular formula is C18H18BrN5. The first-order chi connectivity index (χ1) is 11.6. The SMILES string of the molecule is Cc1cc(Nc2nncc(NC(C)c3ccccc3)n2)ccc1Br. The molecule has 5 nitrogen and oxygen atoms in total. The molecule has 122 valence electrons. The lowest BCUT2D eigenvalue weighted by Crippen LogP contribution is -2.10. The van der Waals surface area contributed by atoms with Crippen molar-refractivity contribution in [3.63, 3.8) is 0 Å². The average molecular weight is 384 g/mol. The van der Waals surface area contributed by atoms with Gasteiger partial charge in [0.15, 0.2) is 5.82 Å². The molecule has 0 saturated heterocycles. The summed E-state index contributed by atoms with van der Waals surface area (Å²) in [4.78, 5) is 4.48. The molecule has 0 aliphatic heterocycles. The Morgan fingerprint density at radius 2 is 1.88 bits per heavy atom. The second-order valence-corrected chi connectivity index (χ2v) is 6.39. The molecule has 1 unspecified atom stereocenters. The summed E-state index contributed by atoms with van der Waals surface area (Å²) >= 11 is 3.49. The van der Waals surface area contributed by atoms with E-state index in [1.807, 2.05) is 43.3 Å². The lowest BCUT2D eigenvalue weighted by molar-refractivity contribution is 0.861. The van der Waals surface area contributed by atoms with Crippen molar-refractivity contribution in [2.45, 2.75) is 19.9 Å². The first-order valence-electron chi connectivity index (χ1n) is 7.66. The molecule has 1 heterocycles. The monoisotopic (exact) mass is 383 g/mol. The summed E-state index contributed by atoms with van der Waals surface area (Å²) in [6.07, 6.45) is 1.62. The molecule has 2 aromatic carbocycles. The van der Waals surface area contributed by atoms with Crippen molar-refractivity contribution >= 4 is 33.4 Å². The lowest BCUT2D eigenvalue weighted by Gasteiger charge is -2.15. The number of rotatable bonds is 5. The van der Waals surface area contributed by atoms with Gasteiger partial charge >= 0.3 is 0 Å². The van der Waals surface area contributed by atoms with Crippen LogP contribution in [0.4, 0.5) is 17.5 Å². The first kappa shape index (κ1) is 16.4. The summed E-state index contributed by atoms with van der Waals surface area (Å²) in [7, 11) is 0. The molecule has 6 heteroatoms. The van der Waals surface area contributed by atoms with Crippen LogP contribution in [-0.2, 0) is 0 Å². The predicted octanol–water partition coefficient (Wildman–Crippen LogP) is 4.86. The maximum absolute atomic E-state index is 4.48. The molecule has 0 fully saturated rings. The maximum Gasteiger partial charge on any atom is 0.249 e. The van der Waals surface area contributed by atoms with Gasteiger partial charge in [-0.1, -0.05) is 46.3 Å². The van der Waals surface area contributed by atoms with Gasteiger partial charge in [0.1, 0.15) is 0 Å². The predicted molar refractivity (Wildman–Crippen MR) is 100 cm³/mol. The van der Waals surface area contributed by atoms with E-state index in [9.17, 15) is 0 Å². The van der Waals surface area contributed by atoms with Crippen LogP contribution in [0.5, 0.6) is 0 Å². The molecule has 0 aliphatic rings. The van der Waals surface area contributed by atoms with Gasteiger partial charge in [-0.2, -0.15) is 10.1 Å². The fourth-order valence-corrected chi connectivity index (χ4v) is 2.57. The van der Waals surface area contributed by atoms with Crippen LogP contribution in [0.3, 0.4) is 0 Å². The Kier molecular flexibility index (Phi) is 5.05. The number of hydrogen-bond acceptors (Lipinski definition) is 5. The molecule has 0 amide bonds. The van der Waals surface area contributed by atoms with Gasteiger partial charge in [0, 0.05) is 16.2 Å². The smallest absolute Gasteiger partial charge is 0.249 e. The highest BCUT2D eigenvalue weighted by Crippen LogP contribution is 2.22. The van der Waals surface area contributed by atoms with Crippen LogP contribution in [0.1, 0.15) is 24.1 Å². The Morgan fingerprint density at radius 1 is 1.08 bits per heavy atom. The van der Waals surface area contributed by atoms with Crippen LogP contribution in [0.2, 0.25) is 0 Å². The van der Waals surface area contributed by atoms with Gasteiger partial charge < -0.3 is 10.6 Å². The van der Waals surface area contributed by atoms with Crippen molar-refractivity contribution in [3.05, 3.63) is 70.3 Å². The third-order valence-corrected chi connectivity index (χ3v) is 4.53. The minimum absolute atomic E-state index is 0.130. The summed E-state index contributed by atoms with van der Waals surface area (Å²) in [6, 6.07) is 16.3. The number of anilines is 3. The highest BCUT2D eigenvalue weighted by atomic mass is 79.9. The summed E-state index contributed by atoms with van der Waals surface area (Å²) in [5.74, 6) is 1.14. The number of nitrogens with one attached hydrogen (secondary N) is 2. The fourth-order valence-electron chi connectivity index (χ4n) is 2.32. The Bertz CT molecular complexity index is 823. The third-order valence-electron chi connectivity index (χ3n) is 3.64. The number of benzene rings is 2. The van der Waals surface area contributed by atoms with Gasteiger partial charge in [0.05, 0.1) is 6.20 Å². The highest BCUT2D eigenvalue weighted by molar-refractivity contribution is 9.10. The summed E-state index contributed by atoms with van der Waals surface area (Å²) in [6.45, 7) is 4.12. The molecule has 3 aromatic rings. The van der Waals surface area contributed by atoms with E-state index in [1.54, 1.807) is 6.20 Å². The molecule has 1 atom stereocenters.